The molecule has 0 unspecified atom stereocenters. The summed E-state index contributed by atoms with van der Waals surface area (Å²) in [4.78, 5) is 39.1. The van der Waals surface area contributed by atoms with Gasteiger partial charge in [-0.2, -0.15) is 0 Å². The number of benzene rings is 1. The lowest BCUT2D eigenvalue weighted by Crippen LogP contribution is -2.35. The first-order chi connectivity index (χ1) is 14.7. The zero-order chi connectivity index (χ0) is 20.5. The van der Waals surface area contributed by atoms with E-state index in [1.165, 1.54) is 11.3 Å². The Bertz CT molecular complexity index is 1150. The Kier molecular flexibility index (Phi) is 4.88. The highest BCUT2D eigenvalue weighted by Crippen LogP contribution is 2.27. The van der Waals surface area contributed by atoms with Crippen LogP contribution in [0.1, 0.15) is 21.8 Å². The number of rotatable bonds is 3. The normalized spacial score (nSPS) is 14.8. The second kappa shape index (κ2) is 7.83. The topological polar surface area (TPSA) is 90.9 Å². The third kappa shape index (κ3) is 3.52. The van der Waals surface area contributed by atoms with Crippen molar-refractivity contribution in [1.82, 2.24) is 29.8 Å². The zero-order valence-electron chi connectivity index (χ0n) is 16.6. The van der Waals surface area contributed by atoms with E-state index in [0.29, 0.717) is 28.8 Å². The number of hydrogen-bond acceptors (Lipinski definition) is 7. The minimum Gasteiger partial charge on any atom is -0.341 e. The van der Waals surface area contributed by atoms with Crippen LogP contribution in [0.2, 0.25) is 0 Å². The Balaban J connectivity index is 1.32. The van der Waals surface area contributed by atoms with Gasteiger partial charge in [0, 0.05) is 38.6 Å². The summed E-state index contributed by atoms with van der Waals surface area (Å²) in [6.07, 6.45) is 4.25. The van der Waals surface area contributed by atoms with Crippen LogP contribution in [0.4, 0.5) is 5.95 Å². The fourth-order valence-corrected chi connectivity index (χ4v) is 4.65. The maximum absolute atomic E-state index is 13.2. The number of carbonyl (C=O) groups is 1. The summed E-state index contributed by atoms with van der Waals surface area (Å²) in [6, 6.07) is 9.78. The van der Waals surface area contributed by atoms with Crippen molar-refractivity contribution in [3.05, 3.63) is 53.3 Å². The zero-order valence-corrected chi connectivity index (χ0v) is 17.4. The number of nitrogens with one attached hydrogen (secondary N) is 1. The van der Waals surface area contributed by atoms with Crippen LogP contribution in [0.15, 0.2) is 42.7 Å². The van der Waals surface area contributed by atoms with Crippen molar-refractivity contribution in [3.63, 3.8) is 0 Å². The molecule has 0 radical (unpaired) electrons. The van der Waals surface area contributed by atoms with Crippen molar-refractivity contribution < 1.29 is 4.79 Å². The number of aromatic amines is 1. The van der Waals surface area contributed by atoms with E-state index in [2.05, 4.69) is 24.8 Å². The molecule has 1 amide bonds. The van der Waals surface area contributed by atoms with Gasteiger partial charge in [-0.15, -0.1) is 11.3 Å². The fourth-order valence-electron chi connectivity index (χ4n) is 3.67. The van der Waals surface area contributed by atoms with Gasteiger partial charge in [0.05, 0.1) is 16.7 Å². The van der Waals surface area contributed by atoms with Crippen LogP contribution in [0.3, 0.4) is 0 Å². The highest BCUT2D eigenvalue weighted by atomic mass is 32.1. The van der Waals surface area contributed by atoms with Gasteiger partial charge < -0.3 is 14.8 Å². The fraction of sp³-hybridized carbons (Fsp3) is 0.286. The minimum absolute atomic E-state index is 0.0265. The quantitative estimate of drug-likeness (QED) is 0.549. The van der Waals surface area contributed by atoms with E-state index in [9.17, 15) is 4.79 Å². The van der Waals surface area contributed by atoms with Crippen molar-refractivity contribution >= 4 is 34.2 Å². The van der Waals surface area contributed by atoms with E-state index in [1.807, 2.05) is 36.1 Å². The highest BCUT2D eigenvalue weighted by Gasteiger charge is 2.25. The second-order valence-corrected chi connectivity index (χ2v) is 8.22. The van der Waals surface area contributed by atoms with Gasteiger partial charge in [0.1, 0.15) is 4.88 Å². The molecule has 0 aliphatic carbocycles. The smallest absolute Gasteiger partial charge is 0.265 e. The Hall–Kier alpha value is -3.33. The molecular weight excluding hydrogens is 398 g/mol. The van der Waals surface area contributed by atoms with Crippen LogP contribution in [-0.4, -0.2) is 61.9 Å². The van der Waals surface area contributed by atoms with E-state index in [-0.39, 0.29) is 5.91 Å². The highest BCUT2D eigenvalue weighted by molar-refractivity contribution is 7.17. The molecule has 9 heteroatoms. The Labute approximate surface area is 177 Å². The number of fused-ring (bicyclic) bond motifs is 1. The Morgan fingerprint density at radius 3 is 2.70 bits per heavy atom. The van der Waals surface area contributed by atoms with Crippen LogP contribution in [0.5, 0.6) is 0 Å². The van der Waals surface area contributed by atoms with E-state index in [1.54, 1.807) is 18.5 Å². The van der Waals surface area contributed by atoms with E-state index in [0.717, 1.165) is 42.2 Å². The van der Waals surface area contributed by atoms with Gasteiger partial charge in [-0.1, -0.05) is 12.1 Å². The van der Waals surface area contributed by atoms with Crippen LogP contribution in [0, 0.1) is 6.92 Å². The molecule has 1 aromatic carbocycles. The summed E-state index contributed by atoms with van der Waals surface area (Å²) < 4.78 is 0. The maximum atomic E-state index is 13.2. The van der Waals surface area contributed by atoms with Crippen molar-refractivity contribution in [3.8, 4) is 10.8 Å². The molecule has 1 N–H and O–H groups in total. The van der Waals surface area contributed by atoms with E-state index >= 15 is 0 Å². The first-order valence-corrected chi connectivity index (χ1v) is 10.7. The predicted molar refractivity (Wildman–Crippen MR) is 117 cm³/mol. The molecule has 1 saturated heterocycles. The largest absolute Gasteiger partial charge is 0.341 e. The number of thiazole rings is 1. The summed E-state index contributed by atoms with van der Waals surface area (Å²) in [6.45, 7) is 4.82. The molecule has 0 atom stereocenters. The van der Waals surface area contributed by atoms with Crippen LogP contribution >= 0.6 is 11.3 Å². The maximum Gasteiger partial charge on any atom is 0.265 e. The molecular formula is C21H21N7OS. The number of aromatic nitrogens is 5. The SMILES string of the molecule is Cc1nc(-c2ncccn2)sc1C(=O)N1CCCN(c2nc3ccccc3[nH]2)CC1. The Morgan fingerprint density at radius 2 is 1.87 bits per heavy atom. The Morgan fingerprint density at radius 1 is 1.03 bits per heavy atom. The number of anilines is 1. The van der Waals surface area contributed by atoms with E-state index in [4.69, 9.17) is 4.98 Å². The molecule has 152 valence electrons. The van der Waals surface area contributed by atoms with Crippen LogP contribution < -0.4 is 4.90 Å². The molecule has 8 nitrogen and oxygen atoms in total. The summed E-state index contributed by atoms with van der Waals surface area (Å²) in [5.41, 5.74) is 2.71. The third-order valence-corrected chi connectivity index (χ3v) is 6.35. The molecule has 30 heavy (non-hydrogen) atoms. The number of aryl methyl sites for hydroxylation is 1. The van der Waals surface area contributed by atoms with Crippen LogP contribution in [-0.2, 0) is 0 Å². The van der Waals surface area contributed by atoms with Crippen molar-refractivity contribution in [2.24, 2.45) is 0 Å². The van der Waals surface area contributed by atoms with Gasteiger partial charge in [0.15, 0.2) is 10.8 Å². The molecule has 1 fully saturated rings. The average Bonchev–Trinajstić information content (AvgIpc) is 3.29. The third-order valence-electron chi connectivity index (χ3n) is 5.21. The molecule has 4 aromatic rings. The number of hydrogen-bond donors (Lipinski definition) is 1. The summed E-state index contributed by atoms with van der Waals surface area (Å²) >= 11 is 1.36. The number of H-pyrrole nitrogens is 1. The number of para-hydroxylation sites is 2. The van der Waals surface area contributed by atoms with Gasteiger partial charge in [0.2, 0.25) is 5.95 Å². The second-order valence-electron chi connectivity index (χ2n) is 7.22. The van der Waals surface area contributed by atoms with Gasteiger partial charge in [0.25, 0.3) is 5.91 Å². The first kappa shape index (κ1) is 18.7. The molecule has 3 aromatic heterocycles. The summed E-state index contributed by atoms with van der Waals surface area (Å²) in [7, 11) is 0. The molecule has 5 rings (SSSR count). The number of amides is 1. The van der Waals surface area contributed by atoms with Crippen molar-refractivity contribution in [1.29, 1.82) is 0 Å². The molecule has 1 aliphatic rings. The number of carbonyl (C=O) groups excluding carboxylic acids is 1. The molecule has 0 bridgehead atoms. The standard InChI is InChI=1S/C21H21N7OS/c1-14-17(30-19(24-14)18-22-8-4-9-23-18)20(29)27-10-5-11-28(13-12-27)21-25-15-6-2-3-7-16(15)26-21/h2-4,6-9H,5,10-13H2,1H3,(H,25,26). The summed E-state index contributed by atoms with van der Waals surface area (Å²) in [5.74, 6) is 1.44. The van der Waals surface area contributed by atoms with Gasteiger partial charge >= 0.3 is 0 Å². The van der Waals surface area contributed by atoms with Gasteiger partial charge in [-0.05, 0) is 31.5 Å². The predicted octanol–water partition coefficient (Wildman–Crippen LogP) is 3.14. The molecule has 4 heterocycles. The lowest BCUT2D eigenvalue weighted by atomic mass is 10.3. The minimum atomic E-state index is 0.0265. The number of nitrogens with zero attached hydrogens (tertiary/aromatic N) is 6. The van der Waals surface area contributed by atoms with Gasteiger partial charge in [-0.25, -0.2) is 19.9 Å². The monoisotopic (exact) mass is 419 g/mol. The average molecular weight is 420 g/mol. The lowest BCUT2D eigenvalue weighted by Gasteiger charge is -2.21. The van der Waals surface area contributed by atoms with Crippen molar-refractivity contribution in [2.75, 3.05) is 31.1 Å². The van der Waals surface area contributed by atoms with Gasteiger partial charge in [-0.3, -0.25) is 4.79 Å². The van der Waals surface area contributed by atoms with Crippen LogP contribution in [0.25, 0.3) is 21.9 Å². The van der Waals surface area contributed by atoms with Crippen molar-refractivity contribution in [2.45, 2.75) is 13.3 Å². The van der Waals surface area contributed by atoms with E-state index < -0.39 is 0 Å². The molecule has 1 aliphatic heterocycles. The lowest BCUT2D eigenvalue weighted by molar-refractivity contribution is 0.0771. The molecule has 0 saturated carbocycles. The molecule has 0 spiro atoms. The first-order valence-electron chi connectivity index (χ1n) is 9.93. The number of imidazole rings is 1. The summed E-state index contributed by atoms with van der Waals surface area (Å²) in [5, 5.41) is 0.676.